The highest BCUT2D eigenvalue weighted by Crippen LogP contribution is 2.38. The minimum absolute atomic E-state index is 0.0197. The largest absolute Gasteiger partial charge is 0.507 e. The smallest absolute Gasteiger partial charge is 0.379 e. The molecule has 0 aliphatic rings. The second-order valence-corrected chi connectivity index (χ2v) is 27.0. The lowest BCUT2D eigenvalue weighted by Gasteiger charge is -2.27. The van der Waals surface area contributed by atoms with Crippen molar-refractivity contribution >= 4 is 166 Å². The summed E-state index contributed by atoms with van der Waals surface area (Å²) in [4.78, 5) is 121. The van der Waals surface area contributed by atoms with Gasteiger partial charge in [0.25, 0.3) is 16.9 Å². The standard InChI is InChI=1S/C14H19Cl2NO3.C10H11Cl2NO3.C10H9Cl2NO3.C7H6BrCl2N.C7H8BrNO2.C7H9NO2.C7H12O3.C6H11NO2/c1-7-10(15)9(8(2)17-12(7)16)11(13(18)19-6)20-14(3,4)5;2*1-4-7(11)6(5(2)13-9(4)12)8(14)10(15)16-3;1-3-6(9)5(8)4(2)11-7(3)10;1-3-6(10)5(8)4(2)9-7(3)11;1-4-3-6(9)5(2)7(10)8-4;1-4-10-7(9)5(2)6(3)8;1-3-9-6(8)4-5(2)7/h11H,1-6H3;8,14H,1-3H3;1-3H3;1-2H3;1-2H3,(H2,9,10,11);3H,1-2H3,(H2,8,9,10);5H,4H2,1-3H3;4H,3,7H2,1-2H3/b;;;;;;;5-4+/t11-;8-;;;;;;/m00....../s1. The van der Waals surface area contributed by atoms with E-state index in [9.17, 15) is 53.4 Å². The number of esters is 5. The number of allylic oxidation sites excluding steroid dienone is 1. The minimum Gasteiger partial charge on any atom is -0.507 e. The Balaban J connectivity index is 0. The Morgan fingerprint density at radius 2 is 0.990 bits per heavy atom. The van der Waals surface area contributed by atoms with E-state index in [-0.39, 0.29) is 65.8 Å². The average Bonchev–Trinajstić information content (AvgIpc) is 0.835. The number of pyridine rings is 6. The maximum atomic E-state index is 12.0. The molecule has 0 radical (unpaired) electrons. The van der Waals surface area contributed by atoms with Crippen molar-refractivity contribution in [3.8, 4) is 11.5 Å². The van der Waals surface area contributed by atoms with Gasteiger partial charge in [0.15, 0.2) is 12.2 Å². The van der Waals surface area contributed by atoms with Crippen molar-refractivity contribution in [1.82, 2.24) is 29.9 Å². The van der Waals surface area contributed by atoms with Gasteiger partial charge in [0.05, 0.1) is 97.3 Å². The number of aromatic nitrogens is 6. The third kappa shape index (κ3) is 31.6. The molecule has 0 amide bonds. The zero-order valence-corrected chi connectivity index (χ0v) is 70.1. The number of hydrogen-bond acceptors (Lipinski definition) is 23. The quantitative estimate of drug-likeness (QED) is 0.0126. The van der Waals surface area contributed by atoms with Gasteiger partial charge < -0.3 is 59.4 Å². The van der Waals surface area contributed by atoms with Crippen LogP contribution in [0.3, 0.4) is 0 Å². The summed E-state index contributed by atoms with van der Waals surface area (Å²) in [6.07, 6.45) is -1.12. The van der Waals surface area contributed by atoms with Gasteiger partial charge in [-0.2, -0.15) is 0 Å². The van der Waals surface area contributed by atoms with Crippen LogP contribution in [0, 0.1) is 89.0 Å². The van der Waals surface area contributed by atoms with Gasteiger partial charge in [-0.15, -0.1) is 0 Å². The molecule has 570 valence electrons. The summed E-state index contributed by atoms with van der Waals surface area (Å²) in [7, 11) is 3.62. The van der Waals surface area contributed by atoms with Gasteiger partial charge >= 0.3 is 29.8 Å². The summed E-state index contributed by atoms with van der Waals surface area (Å²) in [5.74, 6) is -4.61. The van der Waals surface area contributed by atoms with Gasteiger partial charge in [0, 0.05) is 67.9 Å². The van der Waals surface area contributed by atoms with Crippen molar-refractivity contribution in [2.75, 3.05) is 34.5 Å². The first-order valence-corrected chi connectivity index (χ1v) is 34.8. The number of halogens is 10. The number of aromatic hydroxyl groups is 2. The molecule has 1 unspecified atom stereocenters. The predicted molar refractivity (Wildman–Crippen MR) is 407 cm³/mol. The Hall–Kier alpha value is -6.47. The normalized spacial score (nSPS) is 11.3. The monoisotopic (exact) mass is 1730 g/mol. The van der Waals surface area contributed by atoms with E-state index in [0.29, 0.717) is 106 Å². The van der Waals surface area contributed by atoms with Gasteiger partial charge in [0.2, 0.25) is 0 Å². The fraction of sp³-hybridized carbons (Fsp3) is 0.426. The number of nitrogens with two attached hydrogens (primary N) is 1. The van der Waals surface area contributed by atoms with Crippen molar-refractivity contribution in [2.45, 2.75) is 156 Å². The molecule has 35 heteroatoms. The molecule has 0 aromatic carbocycles. The zero-order chi connectivity index (χ0) is 80.9. The summed E-state index contributed by atoms with van der Waals surface area (Å²) in [6.45, 7) is 34.5. The molecule has 0 bridgehead atoms. The molecular formula is C68H85Br2Cl8N7O18. The number of hydrogen-bond donors (Lipinski definition) is 6. The van der Waals surface area contributed by atoms with Crippen LogP contribution in [0.15, 0.2) is 36.4 Å². The second kappa shape index (κ2) is 46.5. The molecule has 6 aromatic heterocycles. The van der Waals surface area contributed by atoms with Crippen LogP contribution in [-0.4, -0.2) is 127 Å². The van der Waals surface area contributed by atoms with Crippen molar-refractivity contribution in [3.05, 3.63) is 172 Å². The second-order valence-electron chi connectivity index (χ2n) is 22.5. The number of aromatic amines is 2. The molecule has 0 aliphatic carbocycles. The Labute approximate surface area is 654 Å². The predicted octanol–water partition coefficient (Wildman–Crippen LogP) is 15.7. The Morgan fingerprint density at radius 3 is 1.41 bits per heavy atom. The molecule has 103 heavy (non-hydrogen) atoms. The Kier molecular flexibility index (Phi) is 44.5. The van der Waals surface area contributed by atoms with Gasteiger partial charge in [-0.05, 0) is 176 Å². The van der Waals surface area contributed by atoms with Crippen LogP contribution in [0.5, 0.6) is 11.5 Å². The Morgan fingerprint density at radius 1 is 0.573 bits per heavy atom. The van der Waals surface area contributed by atoms with E-state index in [4.69, 9.17) is 113 Å². The van der Waals surface area contributed by atoms with Crippen LogP contribution in [0.1, 0.15) is 157 Å². The third-order valence-electron chi connectivity index (χ3n) is 13.2. The molecular weight excluding hydrogens is 1650 g/mol. The van der Waals surface area contributed by atoms with E-state index in [1.807, 2.05) is 34.6 Å². The van der Waals surface area contributed by atoms with Crippen molar-refractivity contribution in [1.29, 1.82) is 0 Å². The highest BCUT2D eigenvalue weighted by Gasteiger charge is 2.33. The maximum Gasteiger partial charge on any atom is 0.379 e. The molecule has 7 N–H and O–H groups in total. The fourth-order valence-electron chi connectivity index (χ4n) is 7.21. The number of rotatable bonds is 12. The number of methoxy groups -OCH3 is 3. The van der Waals surface area contributed by atoms with E-state index in [0.717, 1.165) is 22.8 Å². The highest BCUT2D eigenvalue weighted by atomic mass is 79.9. The van der Waals surface area contributed by atoms with E-state index >= 15 is 0 Å². The first kappa shape index (κ1) is 98.6. The van der Waals surface area contributed by atoms with Crippen LogP contribution in [-0.2, 0) is 57.2 Å². The first-order valence-electron chi connectivity index (χ1n) is 30.2. The number of aliphatic hydroxyl groups is 1. The van der Waals surface area contributed by atoms with E-state index in [1.54, 1.807) is 96.9 Å². The highest BCUT2D eigenvalue weighted by molar-refractivity contribution is 9.11. The minimum atomic E-state index is -1.44. The molecule has 6 heterocycles. The van der Waals surface area contributed by atoms with E-state index in [2.05, 4.69) is 80.7 Å². The molecule has 3 atom stereocenters. The number of Topliss-reactive ketones (excluding diaryl/α,β-unsaturated/α-hetero) is 2. The van der Waals surface area contributed by atoms with Gasteiger partial charge in [-0.1, -0.05) is 92.8 Å². The maximum absolute atomic E-state index is 12.0. The van der Waals surface area contributed by atoms with Crippen LogP contribution in [0.2, 0.25) is 40.7 Å². The molecule has 6 rings (SSSR count). The molecule has 0 fully saturated rings. The van der Waals surface area contributed by atoms with Crippen LogP contribution < -0.4 is 16.9 Å². The topological polar surface area (TPSA) is 379 Å². The number of H-pyrrole nitrogens is 2. The molecule has 6 aromatic rings. The number of carbonyl (C=O) groups is 7. The number of ether oxygens (including phenoxy) is 6. The summed E-state index contributed by atoms with van der Waals surface area (Å²) in [5.41, 5.74) is 11.9. The number of ketones is 2. The first-order chi connectivity index (χ1) is 47.3. The number of carbonyl (C=O) groups excluding carboxylic acids is 7. The summed E-state index contributed by atoms with van der Waals surface area (Å²) < 4.78 is 29.9. The number of nitrogens with one attached hydrogen (secondary N) is 2. The number of aryl methyl sites for hydroxylation is 6. The van der Waals surface area contributed by atoms with Crippen molar-refractivity contribution in [3.63, 3.8) is 0 Å². The van der Waals surface area contributed by atoms with Crippen LogP contribution in [0.4, 0.5) is 0 Å². The fourth-order valence-corrected chi connectivity index (χ4v) is 10.3. The van der Waals surface area contributed by atoms with Crippen LogP contribution in [0.25, 0.3) is 0 Å². The lowest BCUT2D eigenvalue weighted by molar-refractivity contribution is -0.164. The molecule has 0 saturated heterocycles. The van der Waals surface area contributed by atoms with Crippen molar-refractivity contribution in [2.24, 2.45) is 11.7 Å². The zero-order valence-electron chi connectivity index (χ0n) is 60.9. The van der Waals surface area contributed by atoms with E-state index in [1.165, 1.54) is 33.3 Å². The molecule has 25 nitrogen and oxygen atoms in total. The molecule has 0 saturated carbocycles. The number of nitrogens with zero attached hydrogens (tertiary/aromatic N) is 4. The lowest BCUT2D eigenvalue weighted by atomic mass is 10.0. The summed E-state index contributed by atoms with van der Waals surface area (Å²) in [5, 5.41) is 30.7. The lowest BCUT2D eigenvalue weighted by Crippen LogP contribution is -2.29. The van der Waals surface area contributed by atoms with Gasteiger partial charge in [0.1, 0.15) is 43.8 Å². The summed E-state index contributed by atoms with van der Waals surface area (Å²) in [6, 6.07) is 1.52. The van der Waals surface area contributed by atoms with Gasteiger partial charge in [-0.25, -0.2) is 39.1 Å². The third-order valence-corrected chi connectivity index (χ3v) is 18.8. The van der Waals surface area contributed by atoms with Crippen LogP contribution >= 0.6 is 125 Å². The van der Waals surface area contributed by atoms with Crippen molar-refractivity contribution < 1.29 is 77.3 Å². The Bertz CT molecular complexity index is 4160. The average molecular weight is 1730 g/mol. The van der Waals surface area contributed by atoms with Gasteiger partial charge in [-0.3, -0.25) is 24.0 Å². The molecule has 0 spiro atoms. The summed E-state index contributed by atoms with van der Waals surface area (Å²) >= 11 is 54.0. The number of aliphatic hydroxyl groups excluding tert-OH is 1. The SMILES string of the molecule is CCOC(=O)/C=C(\C)N.CCOC(=O)C(C)C(C)=O.COC(=O)C(=O)c1c(C)nc(Cl)c(C)c1Cl.COC(=O)[C@@H](O)c1c(C)nc(Cl)c(C)c1Cl.COC(=O)[C@@H](OC(C)(C)C)c1c(C)nc(Cl)c(C)c1Cl.Cc1[nH]c(=O)c(C)c(O)c1Br.Cc1cc(O)c(C)c(=O)[nH]1.Cc1nc(Cl)c(C)c(Cl)c1Br. The molecule has 0 aliphatic heterocycles. The van der Waals surface area contributed by atoms with E-state index < -0.39 is 53.4 Å².